The molecule has 2 nitrogen and oxygen atoms in total. The molecular weight excluding hydrogens is 229 g/mol. The molecule has 0 fully saturated rings. The Morgan fingerprint density at radius 1 is 1.33 bits per heavy atom. The summed E-state index contributed by atoms with van der Waals surface area (Å²) in [6, 6.07) is 4.24. The van der Waals surface area contributed by atoms with Crippen molar-refractivity contribution in [3.8, 4) is 0 Å². The third-order valence-electron chi connectivity index (χ3n) is 2.93. The molecule has 0 radical (unpaired) electrons. The summed E-state index contributed by atoms with van der Waals surface area (Å²) < 4.78 is 12.9. The highest BCUT2D eigenvalue weighted by atomic mass is 19.1. The topological polar surface area (TPSA) is 29.1 Å². The van der Waals surface area contributed by atoms with E-state index in [0.717, 1.165) is 12.8 Å². The van der Waals surface area contributed by atoms with Gasteiger partial charge in [0.2, 0.25) is 0 Å². The van der Waals surface area contributed by atoms with Crippen LogP contribution in [0.4, 0.5) is 4.39 Å². The number of halogens is 1. The average Bonchev–Trinajstić information content (AvgIpc) is 2.27. The molecule has 0 atom stereocenters. The number of aryl methyl sites for hydroxylation is 1. The zero-order valence-electron chi connectivity index (χ0n) is 11.4. The predicted octanol–water partition coefficient (Wildman–Crippen LogP) is 3.69. The lowest BCUT2D eigenvalue weighted by atomic mass is 10.1. The van der Waals surface area contributed by atoms with Gasteiger partial charge in [-0.2, -0.15) is 0 Å². The summed E-state index contributed by atoms with van der Waals surface area (Å²) in [5.74, 6) is 0.290. The lowest BCUT2D eigenvalue weighted by Crippen LogP contribution is -2.25. The number of hydrogen-bond acceptors (Lipinski definition) is 1. The number of benzene rings is 1. The van der Waals surface area contributed by atoms with Crippen molar-refractivity contribution in [3.05, 3.63) is 35.1 Å². The Kier molecular flexibility index (Phi) is 5.83. The zero-order chi connectivity index (χ0) is 13.5. The number of carbonyl (C=O) groups excluding carboxylic acids is 1. The minimum Gasteiger partial charge on any atom is -0.352 e. The molecule has 1 rings (SSSR count). The number of nitrogens with one attached hydrogen (secondary N) is 1. The van der Waals surface area contributed by atoms with Gasteiger partial charge in [-0.05, 0) is 43.0 Å². The van der Waals surface area contributed by atoms with Crippen molar-refractivity contribution in [2.45, 2.75) is 40.0 Å². The van der Waals surface area contributed by atoms with Crippen LogP contribution in [0.5, 0.6) is 0 Å². The van der Waals surface area contributed by atoms with Gasteiger partial charge in [0.15, 0.2) is 0 Å². The van der Waals surface area contributed by atoms with E-state index in [2.05, 4.69) is 19.2 Å². The van der Waals surface area contributed by atoms with Crippen LogP contribution in [-0.2, 0) is 0 Å². The Hall–Kier alpha value is -1.38. The van der Waals surface area contributed by atoms with Crippen LogP contribution in [0.15, 0.2) is 18.2 Å². The predicted molar refractivity (Wildman–Crippen MR) is 72.2 cm³/mol. The van der Waals surface area contributed by atoms with Gasteiger partial charge < -0.3 is 5.32 Å². The number of amides is 1. The highest BCUT2D eigenvalue weighted by Crippen LogP contribution is 2.10. The molecule has 0 unspecified atom stereocenters. The first-order chi connectivity index (χ1) is 8.50. The summed E-state index contributed by atoms with van der Waals surface area (Å²) in [4.78, 5) is 11.8. The number of unbranched alkanes of at least 4 members (excludes halogenated alkanes) is 1. The zero-order valence-corrected chi connectivity index (χ0v) is 11.4. The average molecular weight is 251 g/mol. The van der Waals surface area contributed by atoms with Gasteiger partial charge in [-0.1, -0.05) is 26.7 Å². The van der Waals surface area contributed by atoms with Crippen molar-refractivity contribution in [2.75, 3.05) is 6.54 Å². The summed E-state index contributed by atoms with van der Waals surface area (Å²) in [6.45, 7) is 6.82. The molecule has 100 valence electrons. The van der Waals surface area contributed by atoms with Crippen molar-refractivity contribution in [2.24, 2.45) is 5.92 Å². The molecule has 1 amide bonds. The standard InChI is InChI=1S/C15H22FNO/c1-11(2)6-4-5-9-17-15(18)14-8-7-13(16)10-12(14)3/h7-8,10-11H,4-6,9H2,1-3H3,(H,17,18). The van der Waals surface area contributed by atoms with E-state index in [1.165, 1.54) is 24.6 Å². The molecular formula is C15H22FNO. The molecule has 0 spiro atoms. The molecule has 0 aliphatic heterocycles. The molecule has 18 heavy (non-hydrogen) atoms. The molecule has 0 aliphatic carbocycles. The lowest BCUT2D eigenvalue weighted by molar-refractivity contribution is 0.0952. The minimum atomic E-state index is -0.305. The first kappa shape index (κ1) is 14.7. The first-order valence-corrected chi connectivity index (χ1v) is 6.55. The Bertz CT molecular complexity index is 401. The molecule has 1 aromatic rings. The number of rotatable bonds is 6. The van der Waals surface area contributed by atoms with Crippen LogP contribution < -0.4 is 5.32 Å². The largest absolute Gasteiger partial charge is 0.352 e. The van der Waals surface area contributed by atoms with E-state index >= 15 is 0 Å². The molecule has 0 aromatic heterocycles. The van der Waals surface area contributed by atoms with E-state index in [0.29, 0.717) is 23.6 Å². The molecule has 0 saturated carbocycles. The highest BCUT2D eigenvalue weighted by molar-refractivity contribution is 5.95. The summed E-state index contributed by atoms with van der Waals surface area (Å²) in [5, 5.41) is 2.87. The van der Waals surface area contributed by atoms with Gasteiger partial charge in [0.05, 0.1) is 0 Å². The van der Waals surface area contributed by atoms with Gasteiger partial charge in [0.25, 0.3) is 5.91 Å². The molecule has 1 N–H and O–H groups in total. The fourth-order valence-electron chi connectivity index (χ4n) is 1.86. The maximum absolute atomic E-state index is 12.9. The van der Waals surface area contributed by atoms with Crippen LogP contribution in [0.25, 0.3) is 0 Å². The van der Waals surface area contributed by atoms with E-state index < -0.39 is 0 Å². The summed E-state index contributed by atoms with van der Waals surface area (Å²) in [5.41, 5.74) is 1.23. The van der Waals surface area contributed by atoms with Gasteiger partial charge in [-0.3, -0.25) is 4.79 Å². The van der Waals surface area contributed by atoms with Crippen LogP contribution in [-0.4, -0.2) is 12.5 Å². The normalized spacial score (nSPS) is 10.7. The quantitative estimate of drug-likeness (QED) is 0.768. The van der Waals surface area contributed by atoms with Crippen LogP contribution >= 0.6 is 0 Å². The highest BCUT2D eigenvalue weighted by Gasteiger charge is 2.08. The van der Waals surface area contributed by atoms with Crippen molar-refractivity contribution in [3.63, 3.8) is 0 Å². The lowest BCUT2D eigenvalue weighted by Gasteiger charge is -2.08. The van der Waals surface area contributed by atoms with Gasteiger partial charge in [0.1, 0.15) is 5.82 Å². The molecule has 0 saturated heterocycles. The second-order valence-electron chi connectivity index (χ2n) is 5.10. The number of hydrogen-bond donors (Lipinski definition) is 1. The van der Waals surface area contributed by atoms with E-state index in [9.17, 15) is 9.18 Å². The van der Waals surface area contributed by atoms with Crippen LogP contribution in [0.2, 0.25) is 0 Å². The maximum atomic E-state index is 12.9. The fraction of sp³-hybridized carbons (Fsp3) is 0.533. The first-order valence-electron chi connectivity index (χ1n) is 6.55. The Morgan fingerprint density at radius 3 is 2.67 bits per heavy atom. The van der Waals surface area contributed by atoms with Gasteiger partial charge in [-0.15, -0.1) is 0 Å². The molecule has 1 aromatic carbocycles. The van der Waals surface area contributed by atoms with E-state index in [1.54, 1.807) is 6.92 Å². The van der Waals surface area contributed by atoms with Gasteiger partial charge in [-0.25, -0.2) is 4.39 Å². The van der Waals surface area contributed by atoms with Gasteiger partial charge >= 0.3 is 0 Å². The summed E-state index contributed by atoms with van der Waals surface area (Å²) >= 11 is 0. The molecule has 3 heteroatoms. The Morgan fingerprint density at radius 2 is 2.06 bits per heavy atom. The van der Waals surface area contributed by atoms with Crippen LogP contribution in [0.3, 0.4) is 0 Å². The van der Waals surface area contributed by atoms with E-state index in [-0.39, 0.29) is 11.7 Å². The Balaban J connectivity index is 2.36. The molecule has 0 aliphatic rings. The smallest absolute Gasteiger partial charge is 0.251 e. The summed E-state index contributed by atoms with van der Waals surface area (Å²) in [6.07, 6.45) is 3.30. The van der Waals surface area contributed by atoms with Gasteiger partial charge in [0, 0.05) is 12.1 Å². The third kappa shape index (κ3) is 4.86. The fourth-order valence-corrected chi connectivity index (χ4v) is 1.86. The van der Waals surface area contributed by atoms with Crippen molar-refractivity contribution < 1.29 is 9.18 Å². The van der Waals surface area contributed by atoms with E-state index in [1.807, 2.05) is 0 Å². The van der Waals surface area contributed by atoms with Crippen LogP contribution in [0, 0.1) is 18.7 Å². The SMILES string of the molecule is Cc1cc(F)ccc1C(=O)NCCCCC(C)C. The van der Waals surface area contributed by atoms with Crippen molar-refractivity contribution in [1.82, 2.24) is 5.32 Å². The van der Waals surface area contributed by atoms with Crippen molar-refractivity contribution >= 4 is 5.91 Å². The number of carbonyl (C=O) groups is 1. The van der Waals surface area contributed by atoms with E-state index in [4.69, 9.17) is 0 Å². The monoisotopic (exact) mass is 251 g/mol. The maximum Gasteiger partial charge on any atom is 0.251 e. The Labute approximate surface area is 109 Å². The molecule has 0 heterocycles. The third-order valence-corrected chi connectivity index (χ3v) is 2.93. The molecule has 0 bridgehead atoms. The minimum absolute atomic E-state index is 0.114. The summed E-state index contributed by atoms with van der Waals surface area (Å²) in [7, 11) is 0. The second kappa shape index (κ2) is 7.14. The second-order valence-corrected chi connectivity index (χ2v) is 5.10. The van der Waals surface area contributed by atoms with Crippen LogP contribution in [0.1, 0.15) is 49.0 Å². The van der Waals surface area contributed by atoms with Crippen molar-refractivity contribution in [1.29, 1.82) is 0 Å².